The number of anilines is 1. The number of hydrogen-bond acceptors (Lipinski definition) is 6. The second kappa shape index (κ2) is 8.86. The fraction of sp³-hybridized carbons (Fsp3) is 0.320. The predicted octanol–water partition coefficient (Wildman–Crippen LogP) is 4.46. The number of rotatable bonds is 4. The van der Waals surface area contributed by atoms with E-state index in [0.29, 0.717) is 6.54 Å². The van der Waals surface area contributed by atoms with Crippen molar-refractivity contribution in [2.24, 2.45) is 0 Å². The summed E-state index contributed by atoms with van der Waals surface area (Å²) in [6.45, 7) is 7.14. The molecule has 1 aliphatic rings. The van der Waals surface area contributed by atoms with Gasteiger partial charge in [-0.15, -0.1) is 0 Å². The lowest BCUT2D eigenvalue weighted by Gasteiger charge is -2.21. The third-order valence-corrected chi connectivity index (χ3v) is 7.26. The smallest absolute Gasteiger partial charge is 0.253 e. The first kappa shape index (κ1) is 21.5. The molecule has 1 saturated heterocycles. The first-order valence-electron chi connectivity index (χ1n) is 11.1. The normalized spacial score (nSPS) is 14.5. The summed E-state index contributed by atoms with van der Waals surface area (Å²) in [7, 11) is 1.66. The van der Waals surface area contributed by atoms with Crippen molar-refractivity contribution in [2.75, 3.05) is 38.2 Å². The maximum Gasteiger partial charge on any atom is 0.253 e. The minimum absolute atomic E-state index is 0.104. The minimum Gasteiger partial charge on any atom is -0.497 e. The van der Waals surface area contributed by atoms with Gasteiger partial charge in [0.2, 0.25) is 0 Å². The number of methoxy groups -OCH3 is 1. The molecule has 0 unspecified atom stereocenters. The number of hydrogen-bond donors (Lipinski definition) is 0. The van der Waals surface area contributed by atoms with E-state index in [9.17, 15) is 4.79 Å². The number of carbonyl (C=O) groups excluding carboxylic acids is 1. The van der Waals surface area contributed by atoms with E-state index in [2.05, 4.69) is 4.90 Å². The molecule has 2 aromatic heterocycles. The largest absolute Gasteiger partial charge is 0.497 e. The molecule has 0 N–H and O–H groups in total. The van der Waals surface area contributed by atoms with Crippen LogP contribution in [0.4, 0.5) is 5.13 Å². The number of ether oxygens (including phenoxy) is 1. The van der Waals surface area contributed by atoms with Crippen molar-refractivity contribution in [2.45, 2.75) is 20.3 Å². The molecule has 3 heterocycles. The highest BCUT2D eigenvalue weighted by Gasteiger charge is 2.23. The lowest BCUT2D eigenvalue weighted by atomic mass is 10.1. The van der Waals surface area contributed by atoms with Gasteiger partial charge in [-0.25, -0.2) is 4.68 Å². The Morgan fingerprint density at radius 1 is 0.970 bits per heavy atom. The van der Waals surface area contributed by atoms with Gasteiger partial charge in [0, 0.05) is 31.7 Å². The van der Waals surface area contributed by atoms with Crippen molar-refractivity contribution in [1.29, 1.82) is 0 Å². The highest BCUT2D eigenvalue weighted by Crippen LogP contribution is 2.33. The maximum atomic E-state index is 13.0. The zero-order valence-corrected chi connectivity index (χ0v) is 19.9. The molecular weight excluding hydrogens is 434 g/mol. The van der Waals surface area contributed by atoms with Crippen molar-refractivity contribution in [3.8, 4) is 11.4 Å². The van der Waals surface area contributed by atoms with Gasteiger partial charge in [-0.1, -0.05) is 29.0 Å². The third-order valence-electron chi connectivity index (χ3n) is 6.05. The minimum atomic E-state index is 0.104. The Hall–Kier alpha value is -3.39. The van der Waals surface area contributed by atoms with Crippen LogP contribution in [0.25, 0.3) is 16.0 Å². The number of thiazole rings is 1. The Balaban J connectivity index is 1.36. The zero-order valence-electron chi connectivity index (χ0n) is 19.1. The molecule has 4 aromatic rings. The molecule has 0 radical (unpaired) electrons. The van der Waals surface area contributed by atoms with Crippen LogP contribution in [0.5, 0.6) is 5.75 Å². The van der Waals surface area contributed by atoms with Crippen LogP contribution in [-0.4, -0.2) is 58.9 Å². The maximum absolute atomic E-state index is 13.0. The molecule has 0 spiro atoms. The van der Waals surface area contributed by atoms with E-state index in [1.54, 1.807) is 18.4 Å². The summed E-state index contributed by atoms with van der Waals surface area (Å²) in [5, 5.41) is 5.69. The molecular formula is C25H27N5O2S. The van der Waals surface area contributed by atoms with E-state index >= 15 is 0 Å². The molecule has 1 aliphatic heterocycles. The van der Waals surface area contributed by atoms with Crippen molar-refractivity contribution in [3.63, 3.8) is 0 Å². The topological polar surface area (TPSA) is 63.5 Å². The number of amides is 1. The second-order valence-corrected chi connectivity index (χ2v) is 9.32. The molecule has 5 rings (SSSR count). The van der Waals surface area contributed by atoms with Crippen molar-refractivity contribution in [3.05, 3.63) is 65.4 Å². The highest BCUT2D eigenvalue weighted by molar-refractivity contribution is 7.22. The average Bonchev–Trinajstić information content (AvgIpc) is 3.30. The molecule has 0 atom stereocenters. The number of nitrogens with zero attached hydrogens (tertiary/aromatic N) is 5. The summed E-state index contributed by atoms with van der Waals surface area (Å²) >= 11 is 1.67. The van der Waals surface area contributed by atoms with E-state index in [0.717, 1.165) is 69.8 Å². The summed E-state index contributed by atoms with van der Waals surface area (Å²) in [6, 6.07) is 15.7. The molecule has 8 heteroatoms. The molecule has 0 aliphatic carbocycles. The average molecular weight is 462 g/mol. The number of carbonyl (C=O) groups is 1. The van der Waals surface area contributed by atoms with Crippen LogP contribution in [-0.2, 0) is 0 Å². The lowest BCUT2D eigenvalue weighted by Crippen LogP contribution is -2.35. The predicted molar refractivity (Wildman–Crippen MR) is 132 cm³/mol. The summed E-state index contributed by atoms with van der Waals surface area (Å²) in [5.74, 6) is 0.916. The van der Waals surface area contributed by atoms with Crippen LogP contribution in [0.15, 0.2) is 48.5 Å². The van der Waals surface area contributed by atoms with Crippen molar-refractivity contribution < 1.29 is 9.53 Å². The fourth-order valence-corrected chi connectivity index (χ4v) is 5.19. The quantitative estimate of drug-likeness (QED) is 0.449. The Morgan fingerprint density at radius 3 is 2.45 bits per heavy atom. The molecule has 0 bridgehead atoms. The van der Waals surface area contributed by atoms with E-state index < -0.39 is 0 Å². The molecule has 7 nitrogen and oxygen atoms in total. The van der Waals surface area contributed by atoms with Crippen LogP contribution >= 0.6 is 11.3 Å². The van der Waals surface area contributed by atoms with Gasteiger partial charge < -0.3 is 14.5 Å². The Kier molecular flexibility index (Phi) is 5.76. The van der Waals surface area contributed by atoms with Gasteiger partial charge in [-0.2, -0.15) is 10.1 Å². The second-order valence-electron chi connectivity index (χ2n) is 8.34. The van der Waals surface area contributed by atoms with Gasteiger partial charge in [0.25, 0.3) is 5.91 Å². The Labute approximate surface area is 197 Å². The van der Waals surface area contributed by atoms with E-state index in [1.165, 1.54) is 0 Å². The van der Waals surface area contributed by atoms with E-state index in [4.69, 9.17) is 14.8 Å². The van der Waals surface area contributed by atoms with Gasteiger partial charge in [0.1, 0.15) is 5.75 Å². The first-order valence-corrected chi connectivity index (χ1v) is 12.0. The van der Waals surface area contributed by atoms with Crippen LogP contribution in [0.1, 0.15) is 28.0 Å². The Morgan fingerprint density at radius 2 is 1.73 bits per heavy atom. The molecule has 170 valence electrons. The van der Waals surface area contributed by atoms with Crippen molar-refractivity contribution in [1.82, 2.24) is 19.7 Å². The molecule has 1 amide bonds. The summed E-state index contributed by atoms with van der Waals surface area (Å²) in [5.41, 5.74) is 4.71. The van der Waals surface area contributed by atoms with Crippen LogP contribution in [0.2, 0.25) is 0 Å². The van der Waals surface area contributed by atoms with Crippen LogP contribution in [0.3, 0.4) is 0 Å². The van der Waals surface area contributed by atoms with Crippen LogP contribution in [0, 0.1) is 13.8 Å². The fourth-order valence-electron chi connectivity index (χ4n) is 4.15. The van der Waals surface area contributed by atoms with E-state index in [1.807, 2.05) is 72.0 Å². The van der Waals surface area contributed by atoms with Gasteiger partial charge in [-0.05, 0) is 56.7 Å². The number of benzene rings is 2. The molecule has 0 saturated carbocycles. The lowest BCUT2D eigenvalue weighted by molar-refractivity contribution is 0.0767. The summed E-state index contributed by atoms with van der Waals surface area (Å²) in [6.07, 6.45) is 0.914. The number of aromatic nitrogens is 3. The molecule has 33 heavy (non-hydrogen) atoms. The monoisotopic (exact) mass is 461 g/mol. The third kappa shape index (κ3) is 4.18. The van der Waals surface area contributed by atoms with Crippen LogP contribution < -0.4 is 9.64 Å². The summed E-state index contributed by atoms with van der Waals surface area (Å²) in [4.78, 5) is 22.2. The molecule has 1 fully saturated rings. The zero-order chi connectivity index (χ0) is 22.9. The van der Waals surface area contributed by atoms with Gasteiger partial charge in [0.15, 0.2) is 10.8 Å². The number of aryl methyl sites for hydroxylation is 2. The number of fused-ring (bicyclic) bond motifs is 1. The van der Waals surface area contributed by atoms with Crippen molar-refractivity contribution >= 4 is 32.7 Å². The Bertz CT molecular complexity index is 1280. The summed E-state index contributed by atoms with van der Waals surface area (Å²) < 4.78 is 8.27. The first-order chi connectivity index (χ1) is 16.0. The standard InChI is InChI=1S/C25H27N5O2S/c1-17-5-7-19(8-6-17)24(31)28-13-4-14-29(16-15-28)25-26-23-22(33-25)18(2)27-30(23)20-9-11-21(32-3)12-10-20/h5-12H,4,13-16H2,1-3H3. The molecule has 2 aromatic carbocycles. The van der Waals surface area contributed by atoms with Gasteiger partial charge in [0.05, 0.1) is 23.2 Å². The van der Waals surface area contributed by atoms with E-state index in [-0.39, 0.29) is 5.91 Å². The highest BCUT2D eigenvalue weighted by atomic mass is 32.1. The SMILES string of the molecule is COc1ccc(-n2nc(C)c3sc(N4CCCN(C(=O)c5ccc(C)cc5)CC4)nc32)cc1. The van der Waals surface area contributed by atoms with Gasteiger partial charge in [-0.3, -0.25) is 4.79 Å². The van der Waals surface area contributed by atoms with Gasteiger partial charge >= 0.3 is 0 Å².